The normalized spacial score (nSPS) is 19.2. The number of hydrogen-bond donors (Lipinski definition) is 0. The van der Waals surface area contributed by atoms with E-state index >= 15 is 0 Å². The Morgan fingerprint density at radius 1 is 1.22 bits per heavy atom. The van der Waals surface area contributed by atoms with Crippen LogP contribution in [0.3, 0.4) is 0 Å². The maximum Gasteiger partial charge on any atom is 0.261 e. The van der Waals surface area contributed by atoms with Crippen LogP contribution in [0.25, 0.3) is 0 Å². The number of ketones is 1. The average molecular weight is 245 g/mol. The summed E-state index contributed by atoms with van der Waals surface area (Å²) in [6, 6.07) is 2.18. The van der Waals surface area contributed by atoms with Crippen LogP contribution in [0.15, 0.2) is 10.9 Å². The topological polar surface area (TPSA) is 39.1 Å². The molecule has 1 heterocycles. The molecule has 3 nitrogen and oxygen atoms in total. The number of aryl methyl sites for hydroxylation is 1. The first kappa shape index (κ1) is 11.7. The molecule has 1 fully saturated rings. The number of nitrogens with zero attached hydrogens (tertiary/aromatic N) is 1. The first-order chi connectivity index (χ1) is 8.68. The van der Waals surface area contributed by atoms with Gasteiger partial charge in [-0.3, -0.25) is 9.59 Å². The Balaban J connectivity index is 2.21. The van der Waals surface area contributed by atoms with E-state index in [2.05, 4.69) is 0 Å². The molecule has 0 amide bonds. The molecule has 1 aromatic heterocycles. The smallest absolute Gasteiger partial charge is 0.261 e. The number of aromatic nitrogens is 1. The summed E-state index contributed by atoms with van der Waals surface area (Å²) < 4.78 is 1.96. The molecular formula is C15H19NO2. The predicted molar refractivity (Wildman–Crippen MR) is 70.2 cm³/mol. The van der Waals surface area contributed by atoms with Crippen molar-refractivity contribution >= 4 is 5.78 Å². The second-order valence-corrected chi connectivity index (χ2v) is 5.55. The number of pyridine rings is 1. The Labute approximate surface area is 107 Å². The SMILES string of the molecule is CC(=O)c1cc2c(n(C3CCCC3)c1=O)CCC2. The van der Waals surface area contributed by atoms with E-state index in [9.17, 15) is 9.59 Å². The molecule has 0 radical (unpaired) electrons. The summed E-state index contributed by atoms with van der Waals surface area (Å²) in [6.45, 7) is 1.50. The van der Waals surface area contributed by atoms with Crippen molar-refractivity contribution in [3.63, 3.8) is 0 Å². The van der Waals surface area contributed by atoms with Crippen LogP contribution in [-0.4, -0.2) is 10.4 Å². The van der Waals surface area contributed by atoms with Gasteiger partial charge in [-0.1, -0.05) is 12.8 Å². The monoisotopic (exact) mass is 245 g/mol. The summed E-state index contributed by atoms with van der Waals surface area (Å²) in [5, 5.41) is 0. The maximum absolute atomic E-state index is 12.5. The Morgan fingerprint density at radius 2 is 1.94 bits per heavy atom. The van der Waals surface area contributed by atoms with Gasteiger partial charge < -0.3 is 4.57 Å². The maximum atomic E-state index is 12.5. The summed E-state index contributed by atoms with van der Waals surface area (Å²) in [5.74, 6) is -0.0959. The molecule has 2 aliphatic rings. The van der Waals surface area contributed by atoms with Crippen molar-refractivity contribution in [2.24, 2.45) is 0 Å². The lowest BCUT2D eigenvalue weighted by Gasteiger charge is -2.19. The van der Waals surface area contributed by atoms with E-state index in [1.165, 1.54) is 31.0 Å². The summed E-state index contributed by atoms with van der Waals surface area (Å²) in [4.78, 5) is 24.1. The van der Waals surface area contributed by atoms with Gasteiger partial charge in [0.25, 0.3) is 5.56 Å². The molecule has 1 aromatic rings. The molecule has 0 atom stereocenters. The molecule has 96 valence electrons. The first-order valence-corrected chi connectivity index (χ1v) is 6.96. The van der Waals surface area contributed by atoms with Gasteiger partial charge in [0.1, 0.15) is 0 Å². The van der Waals surface area contributed by atoms with Crippen molar-refractivity contribution in [1.82, 2.24) is 4.57 Å². The van der Waals surface area contributed by atoms with Gasteiger partial charge in [-0.05, 0) is 50.7 Å². The number of carbonyl (C=O) groups is 1. The predicted octanol–water partition coefficient (Wildman–Crippen LogP) is 2.65. The molecule has 1 saturated carbocycles. The fourth-order valence-electron chi connectivity index (χ4n) is 3.47. The zero-order valence-electron chi connectivity index (χ0n) is 10.9. The third-order valence-corrected chi connectivity index (χ3v) is 4.36. The van der Waals surface area contributed by atoms with Gasteiger partial charge in [0, 0.05) is 11.7 Å². The lowest BCUT2D eigenvalue weighted by molar-refractivity contribution is 0.101. The van der Waals surface area contributed by atoms with Gasteiger partial charge in [-0.25, -0.2) is 0 Å². The van der Waals surface area contributed by atoms with Crippen LogP contribution in [0.4, 0.5) is 0 Å². The van der Waals surface area contributed by atoms with Crippen molar-refractivity contribution in [2.45, 2.75) is 57.9 Å². The van der Waals surface area contributed by atoms with Crippen molar-refractivity contribution in [3.8, 4) is 0 Å². The highest BCUT2D eigenvalue weighted by molar-refractivity contribution is 5.93. The van der Waals surface area contributed by atoms with E-state index < -0.39 is 0 Å². The summed E-state index contributed by atoms with van der Waals surface area (Å²) in [5.41, 5.74) is 2.78. The fourth-order valence-corrected chi connectivity index (χ4v) is 3.47. The van der Waals surface area contributed by atoms with E-state index in [0.717, 1.165) is 32.1 Å². The van der Waals surface area contributed by atoms with Crippen LogP contribution in [0, 0.1) is 0 Å². The van der Waals surface area contributed by atoms with Crippen molar-refractivity contribution in [3.05, 3.63) is 33.2 Å². The summed E-state index contributed by atoms with van der Waals surface area (Å²) in [7, 11) is 0. The molecule has 0 aromatic carbocycles. The highest BCUT2D eigenvalue weighted by Gasteiger charge is 2.26. The van der Waals surface area contributed by atoms with Crippen LogP contribution in [-0.2, 0) is 12.8 Å². The zero-order chi connectivity index (χ0) is 12.7. The fraction of sp³-hybridized carbons (Fsp3) is 0.600. The van der Waals surface area contributed by atoms with Gasteiger partial charge in [0.15, 0.2) is 5.78 Å². The molecule has 18 heavy (non-hydrogen) atoms. The average Bonchev–Trinajstić information content (AvgIpc) is 2.97. The number of carbonyl (C=O) groups excluding carboxylic acids is 1. The van der Waals surface area contributed by atoms with Crippen LogP contribution < -0.4 is 5.56 Å². The second-order valence-electron chi connectivity index (χ2n) is 5.55. The molecule has 0 aliphatic heterocycles. The molecule has 2 aliphatic carbocycles. The molecular weight excluding hydrogens is 226 g/mol. The Hall–Kier alpha value is -1.38. The van der Waals surface area contributed by atoms with E-state index in [4.69, 9.17) is 0 Å². The lowest BCUT2D eigenvalue weighted by atomic mass is 10.1. The number of Topliss-reactive ketones (excluding diaryl/α,β-unsaturated/α-hetero) is 1. The van der Waals surface area contributed by atoms with E-state index in [-0.39, 0.29) is 11.3 Å². The summed E-state index contributed by atoms with van der Waals surface area (Å²) in [6.07, 6.45) is 7.72. The van der Waals surface area contributed by atoms with E-state index in [1.807, 2.05) is 10.6 Å². The van der Waals surface area contributed by atoms with Crippen molar-refractivity contribution in [1.29, 1.82) is 0 Å². The third-order valence-electron chi connectivity index (χ3n) is 4.36. The highest BCUT2D eigenvalue weighted by Crippen LogP contribution is 2.32. The molecule has 3 heteroatoms. The van der Waals surface area contributed by atoms with Crippen LogP contribution in [0.5, 0.6) is 0 Å². The largest absolute Gasteiger partial charge is 0.309 e. The molecule has 0 N–H and O–H groups in total. The van der Waals surface area contributed by atoms with Gasteiger partial charge in [0.05, 0.1) is 5.56 Å². The molecule has 0 bridgehead atoms. The Morgan fingerprint density at radius 3 is 2.61 bits per heavy atom. The van der Waals surface area contributed by atoms with Crippen LogP contribution in [0.1, 0.15) is 66.7 Å². The van der Waals surface area contributed by atoms with E-state index in [0.29, 0.717) is 11.6 Å². The standard InChI is InChI=1S/C15H19NO2/c1-10(17)13-9-11-5-4-8-14(11)16(15(13)18)12-6-2-3-7-12/h9,12H,2-8H2,1H3. The second kappa shape index (κ2) is 4.38. The quantitative estimate of drug-likeness (QED) is 0.751. The first-order valence-electron chi connectivity index (χ1n) is 6.96. The summed E-state index contributed by atoms with van der Waals surface area (Å²) >= 11 is 0. The van der Waals surface area contributed by atoms with Crippen molar-refractivity contribution in [2.75, 3.05) is 0 Å². The number of fused-ring (bicyclic) bond motifs is 1. The minimum atomic E-state index is -0.0959. The van der Waals surface area contributed by atoms with Gasteiger partial charge in [-0.2, -0.15) is 0 Å². The Kier molecular flexibility index (Phi) is 2.84. The minimum absolute atomic E-state index is 0.0462. The highest BCUT2D eigenvalue weighted by atomic mass is 16.1. The molecule has 3 rings (SSSR count). The molecule has 0 saturated heterocycles. The van der Waals surface area contributed by atoms with Gasteiger partial charge in [-0.15, -0.1) is 0 Å². The third kappa shape index (κ3) is 1.73. The van der Waals surface area contributed by atoms with E-state index in [1.54, 1.807) is 0 Å². The Bertz CT molecular complexity index is 550. The number of hydrogen-bond acceptors (Lipinski definition) is 2. The van der Waals surface area contributed by atoms with Crippen LogP contribution in [0.2, 0.25) is 0 Å². The minimum Gasteiger partial charge on any atom is -0.309 e. The van der Waals surface area contributed by atoms with Crippen LogP contribution >= 0.6 is 0 Å². The lowest BCUT2D eigenvalue weighted by Crippen LogP contribution is -2.31. The zero-order valence-corrected chi connectivity index (χ0v) is 10.9. The molecule has 0 spiro atoms. The number of rotatable bonds is 2. The van der Waals surface area contributed by atoms with Gasteiger partial charge >= 0.3 is 0 Å². The van der Waals surface area contributed by atoms with Gasteiger partial charge in [0.2, 0.25) is 0 Å². The molecule has 0 unspecified atom stereocenters. The van der Waals surface area contributed by atoms with Crippen molar-refractivity contribution < 1.29 is 4.79 Å².